The predicted molar refractivity (Wildman–Crippen MR) is 110 cm³/mol. The van der Waals surface area contributed by atoms with Gasteiger partial charge < -0.3 is 9.67 Å². The molecule has 0 saturated carbocycles. The van der Waals surface area contributed by atoms with Crippen LogP contribution in [0.3, 0.4) is 0 Å². The predicted octanol–water partition coefficient (Wildman–Crippen LogP) is 3.53. The second-order valence-electron chi connectivity index (χ2n) is 6.20. The van der Waals surface area contributed by atoms with Gasteiger partial charge in [0.05, 0.1) is 22.3 Å². The molecule has 30 heavy (non-hydrogen) atoms. The molecule has 0 aliphatic rings. The van der Waals surface area contributed by atoms with Gasteiger partial charge in [-0.2, -0.15) is 15.6 Å². The molecule has 1 aromatic carbocycles. The number of carboxylic acids is 1. The number of benzene rings is 1. The zero-order chi connectivity index (χ0) is 22.0. The summed E-state index contributed by atoms with van der Waals surface area (Å²) < 4.78 is 2.93. The van der Waals surface area contributed by atoms with Gasteiger partial charge in [0, 0.05) is 29.9 Å². The highest BCUT2D eigenvalue weighted by molar-refractivity contribution is 6.42. The molecule has 0 spiro atoms. The summed E-state index contributed by atoms with van der Waals surface area (Å²) in [5.41, 5.74) is 0.0761. The highest BCUT2D eigenvalue weighted by Gasteiger charge is 2.23. The first-order chi connectivity index (χ1) is 14.3. The van der Waals surface area contributed by atoms with E-state index in [2.05, 4.69) is 5.10 Å². The average molecular weight is 442 g/mol. The van der Waals surface area contributed by atoms with Crippen molar-refractivity contribution in [3.63, 3.8) is 0 Å². The van der Waals surface area contributed by atoms with Crippen molar-refractivity contribution in [3.05, 3.63) is 73.2 Å². The van der Waals surface area contributed by atoms with E-state index in [1.165, 1.54) is 28.9 Å². The van der Waals surface area contributed by atoms with Crippen LogP contribution in [0.15, 0.2) is 35.1 Å². The van der Waals surface area contributed by atoms with Gasteiger partial charge in [0.1, 0.15) is 23.4 Å². The average Bonchev–Trinajstić information content (AvgIpc) is 3.11. The van der Waals surface area contributed by atoms with Crippen LogP contribution in [-0.2, 0) is 13.1 Å². The van der Waals surface area contributed by atoms with Gasteiger partial charge in [-0.15, -0.1) is 0 Å². The summed E-state index contributed by atoms with van der Waals surface area (Å²) in [6, 6.07) is 10.9. The second-order valence-corrected chi connectivity index (χ2v) is 7.01. The molecular formula is C20H13Cl2N5O3. The maximum absolute atomic E-state index is 12.7. The van der Waals surface area contributed by atoms with Crippen LogP contribution in [0, 0.1) is 22.7 Å². The van der Waals surface area contributed by atoms with Crippen LogP contribution in [-0.4, -0.2) is 25.4 Å². The Bertz CT molecular complexity index is 1310. The second kappa shape index (κ2) is 8.42. The topological polar surface area (TPSA) is 125 Å². The van der Waals surface area contributed by atoms with Crippen LogP contribution in [0.5, 0.6) is 0 Å². The highest BCUT2D eigenvalue weighted by atomic mass is 35.5. The maximum atomic E-state index is 12.7. The van der Waals surface area contributed by atoms with Gasteiger partial charge in [-0.3, -0.25) is 4.79 Å². The number of aromatic nitrogens is 3. The Morgan fingerprint density at radius 2 is 1.90 bits per heavy atom. The molecule has 2 heterocycles. The first-order valence-electron chi connectivity index (χ1n) is 8.64. The van der Waals surface area contributed by atoms with Crippen LogP contribution < -0.4 is 5.43 Å². The van der Waals surface area contributed by atoms with Crippen molar-refractivity contribution in [2.24, 2.45) is 0 Å². The zero-order valence-electron chi connectivity index (χ0n) is 15.6. The Hall–Kier alpha value is -3.59. The van der Waals surface area contributed by atoms with Crippen LogP contribution >= 0.6 is 23.2 Å². The lowest BCUT2D eigenvalue weighted by molar-refractivity contribution is 0.0695. The fraction of sp³-hybridized carbons (Fsp3) is 0.150. The molecule has 3 rings (SSSR count). The quantitative estimate of drug-likeness (QED) is 0.645. The number of halogens is 2. The standard InChI is InChI=1S/C20H13Cl2N5O3/c1-2-26-14(10-27-13(9-24)6-12(8-23)25-27)7-17(28)18(20(29)30)19(26)11-3-4-15(21)16(22)5-11/h3-7H,2,10H2,1H3,(H,29,30). The summed E-state index contributed by atoms with van der Waals surface area (Å²) in [7, 11) is 0. The molecule has 0 unspecified atom stereocenters. The number of rotatable bonds is 5. The molecule has 8 nitrogen and oxygen atoms in total. The summed E-state index contributed by atoms with van der Waals surface area (Å²) >= 11 is 12.1. The van der Waals surface area contributed by atoms with Gasteiger partial charge in [0.15, 0.2) is 11.1 Å². The minimum atomic E-state index is -1.38. The molecule has 3 aromatic rings. The summed E-state index contributed by atoms with van der Waals surface area (Å²) in [6.07, 6.45) is 0. The fourth-order valence-corrected chi connectivity index (χ4v) is 3.47. The Kier molecular flexibility index (Phi) is 5.93. The SMILES string of the molecule is CCn1c(Cn2nc(C#N)cc2C#N)cc(=O)c(C(=O)O)c1-c1ccc(Cl)c(Cl)c1. The van der Waals surface area contributed by atoms with Crippen molar-refractivity contribution >= 4 is 29.2 Å². The maximum Gasteiger partial charge on any atom is 0.341 e. The summed E-state index contributed by atoms with van der Waals surface area (Å²) in [6.45, 7) is 2.09. The van der Waals surface area contributed by atoms with E-state index in [1.54, 1.807) is 17.6 Å². The molecule has 0 aliphatic heterocycles. The number of aromatic carboxylic acids is 1. The van der Waals surface area contributed by atoms with Gasteiger partial charge in [0.2, 0.25) is 0 Å². The third-order valence-corrected chi connectivity index (χ3v) is 5.18. The molecule has 10 heteroatoms. The molecule has 0 fully saturated rings. The first kappa shape index (κ1) is 21.1. The first-order valence-corrected chi connectivity index (χ1v) is 9.39. The minimum absolute atomic E-state index is 0.0120. The number of nitrogens with zero attached hydrogens (tertiary/aromatic N) is 5. The normalized spacial score (nSPS) is 10.4. The molecule has 0 bridgehead atoms. The Balaban J connectivity index is 2.30. The van der Waals surface area contributed by atoms with E-state index in [4.69, 9.17) is 28.5 Å². The monoisotopic (exact) mass is 441 g/mol. The van der Waals surface area contributed by atoms with Crippen molar-refractivity contribution in [1.82, 2.24) is 14.3 Å². The molecule has 0 aliphatic carbocycles. The Morgan fingerprint density at radius 1 is 1.17 bits per heavy atom. The van der Waals surface area contributed by atoms with E-state index in [9.17, 15) is 20.0 Å². The highest BCUT2D eigenvalue weighted by Crippen LogP contribution is 2.30. The Labute approximate surface area is 180 Å². The number of carbonyl (C=O) groups is 1. The van der Waals surface area contributed by atoms with Crippen molar-refractivity contribution in [2.75, 3.05) is 0 Å². The number of nitriles is 2. The van der Waals surface area contributed by atoms with Crippen LogP contribution in [0.4, 0.5) is 0 Å². The summed E-state index contributed by atoms with van der Waals surface area (Å²) in [4.78, 5) is 24.6. The van der Waals surface area contributed by atoms with E-state index in [0.29, 0.717) is 17.8 Å². The van der Waals surface area contributed by atoms with E-state index in [-0.39, 0.29) is 33.7 Å². The Morgan fingerprint density at radius 3 is 2.47 bits per heavy atom. The lowest BCUT2D eigenvalue weighted by Gasteiger charge is -2.20. The molecule has 0 radical (unpaired) electrons. The van der Waals surface area contributed by atoms with Crippen molar-refractivity contribution < 1.29 is 9.90 Å². The number of carboxylic acid groups (broad SMARTS) is 1. The summed E-state index contributed by atoms with van der Waals surface area (Å²) in [5.74, 6) is -1.38. The van der Waals surface area contributed by atoms with Crippen molar-refractivity contribution in [1.29, 1.82) is 10.5 Å². The van der Waals surface area contributed by atoms with Gasteiger partial charge >= 0.3 is 5.97 Å². The summed E-state index contributed by atoms with van der Waals surface area (Å²) in [5, 5.41) is 32.6. The van der Waals surface area contributed by atoms with Crippen LogP contribution in [0.1, 0.15) is 34.4 Å². The lowest BCUT2D eigenvalue weighted by atomic mass is 10.0. The van der Waals surface area contributed by atoms with Gasteiger partial charge in [0.25, 0.3) is 0 Å². The molecule has 150 valence electrons. The zero-order valence-corrected chi connectivity index (χ0v) is 17.1. The molecule has 0 saturated heterocycles. The number of pyridine rings is 1. The largest absolute Gasteiger partial charge is 0.477 e. The fourth-order valence-electron chi connectivity index (χ4n) is 3.17. The van der Waals surface area contributed by atoms with Gasteiger partial charge in [-0.25, -0.2) is 9.48 Å². The molecular weight excluding hydrogens is 429 g/mol. The number of hydrogen-bond acceptors (Lipinski definition) is 5. The van der Waals surface area contributed by atoms with Crippen molar-refractivity contribution in [3.8, 4) is 23.4 Å². The third-order valence-electron chi connectivity index (χ3n) is 4.44. The minimum Gasteiger partial charge on any atom is -0.477 e. The van der Waals surface area contributed by atoms with Gasteiger partial charge in [-0.05, 0) is 19.1 Å². The third kappa shape index (κ3) is 3.79. The van der Waals surface area contributed by atoms with E-state index >= 15 is 0 Å². The molecule has 0 amide bonds. The van der Waals surface area contributed by atoms with Gasteiger partial charge in [-0.1, -0.05) is 29.3 Å². The number of hydrogen-bond donors (Lipinski definition) is 1. The smallest absolute Gasteiger partial charge is 0.341 e. The van der Waals surface area contributed by atoms with Crippen molar-refractivity contribution in [2.45, 2.75) is 20.0 Å². The molecule has 2 aromatic heterocycles. The lowest BCUT2D eigenvalue weighted by Crippen LogP contribution is -2.25. The molecule has 0 atom stereocenters. The van der Waals surface area contributed by atoms with E-state index in [1.807, 2.05) is 12.1 Å². The van der Waals surface area contributed by atoms with E-state index < -0.39 is 17.0 Å². The van der Waals surface area contributed by atoms with Crippen LogP contribution in [0.2, 0.25) is 10.0 Å². The van der Waals surface area contributed by atoms with E-state index in [0.717, 1.165) is 0 Å². The molecule has 1 N–H and O–H groups in total. The van der Waals surface area contributed by atoms with Crippen LogP contribution in [0.25, 0.3) is 11.3 Å².